The molecule has 1 aromatic rings. The van der Waals surface area contributed by atoms with Crippen molar-refractivity contribution < 1.29 is 14.4 Å². The molecule has 2 N–H and O–H groups in total. The van der Waals surface area contributed by atoms with Gasteiger partial charge in [-0.05, 0) is 43.4 Å². The molecule has 0 aromatic heterocycles. The topological polar surface area (TPSA) is 78.5 Å². The molecule has 3 rings (SSSR count). The van der Waals surface area contributed by atoms with Crippen LogP contribution in [0.2, 0.25) is 5.02 Å². The molecule has 2 fully saturated rings. The largest absolute Gasteiger partial charge is 0.325 e. The number of nitrogens with one attached hydrogen (secondary N) is 2. The van der Waals surface area contributed by atoms with E-state index in [2.05, 4.69) is 10.6 Å². The molecule has 1 aliphatic carbocycles. The van der Waals surface area contributed by atoms with E-state index >= 15 is 0 Å². The normalized spacial score (nSPS) is 26.0. The Labute approximate surface area is 151 Å². The molecule has 2 atom stereocenters. The fraction of sp³-hybridized carbons (Fsp3) is 0.500. The van der Waals surface area contributed by atoms with Crippen molar-refractivity contribution in [3.8, 4) is 0 Å². The zero-order valence-corrected chi connectivity index (χ0v) is 15.2. The van der Waals surface area contributed by atoms with Crippen molar-refractivity contribution in [1.82, 2.24) is 10.2 Å². The summed E-state index contributed by atoms with van der Waals surface area (Å²) in [5.74, 6) is -0.641. The first kappa shape index (κ1) is 17.7. The van der Waals surface area contributed by atoms with Crippen molar-refractivity contribution in [3.05, 3.63) is 28.8 Å². The lowest BCUT2D eigenvalue weighted by Gasteiger charge is -2.36. The summed E-state index contributed by atoms with van der Waals surface area (Å²) in [4.78, 5) is 38.5. The average molecular weight is 364 g/mol. The van der Waals surface area contributed by atoms with Crippen LogP contribution in [-0.2, 0) is 9.59 Å². The van der Waals surface area contributed by atoms with Gasteiger partial charge in [0.25, 0.3) is 5.91 Å². The van der Waals surface area contributed by atoms with Crippen molar-refractivity contribution in [3.63, 3.8) is 0 Å². The summed E-state index contributed by atoms with van der Waals surface area (Å²) in [6.07, 6.45) is 3.48. The fourth-order valence-electron chi connectivity index (χ4n) is 3.72. The maximum Gasteiger partial charge on any atom is 0.325 e. The fourth-order valence-corrected chi connectivity index (χ4v) is 3.89. The molecule has 134 valence electrons. The summed E-state index contributed by atoms with van der Waals surface area (Å²) in [5, 5.41) is 6.11. The van der Waals surface area contributed by atoms with Gasteiger partial charge in [0.15, 0.2) is 0 Å². The Balaban J connectivity index is 1.72. The first-order valence-electron chi connectivity index (χ1n) is 8.54. The molecule has 1 aromatic carbocycles. The van der Waals surface area contributed by atoms with Crippen molar-refractivity contribution in [2.45, 2.75) is 45.1 Å². The molecule has 1 saturated heterocycles. The Bertz CT molecular complexity index is 736. The van der Waals surface area contributed by atoms with Gasteiger partial charge >= 0.3 is 6.03 Å². The van der Waals surface area contributed by atoms with E-state index in [1.165, 1.54) is 0 Å². The highest BCUT2D eigenvalue weighted by molar-refractivity contribution is 6.31. The van der Waals surface area contributed by atoms with E-state index in [0.717, 1.165) is 29.7 Å². The molecule has 25 heavy (non-hydrogen) atoms. The van der Waals surface area contributed by atoms with Crippen LogP contribution in [0.25, 0.3) is 0 Å². The molecule has 7 heteroatoms. The van der Waals surface area contributed by atoms with Gasteiger partial charge in [0.05, 0.1) is 0 Å². The Hall–Kier alpha value is -2.08. The molecule has 1 saturated carbocycles. The van der Waals surface area contributed by atoms with E-state index in [4.69, 9.17) is 11.6 Å². The molecule has 0 radical (unpaired) electrons. The molecular formula is C18H22ClN3O3. The van der Waals surface area contributed by atoms with Gasteiger partial charge in [0.1, 0.15) is 12.1 Å². The molecular weight excluding hydrogens is 342 g/mol. The predicted octanol–water partition coefficient (Wildman–Crippen LogP) is 3.09. The van der Waals surface area contributed by atoms with Crippen molar-refractivity contribution in [2.75, 3.05) is 11.9 Å². The molecule has 1 aliphatic heterocycles. The Morgan fingerprint density at radius 2 is 2.16 bits per heavy atom. The second kappa shape index (κ2) is 6.67. The molecule has 4 amide bonds. The molecule has 6 nitrogen and oxygen atoms in total. The third-order valence-corrected chi connectivity index (χ3v) is 5.75. The van der Waals surface area contributed by atoms with Gasteiger partial charge < -0.3 is 10.6 Å². The van der Waals surface area contributed by atoms with Crippen molar-refractivity contribution in [2.24, 2.45) is 5.92 Å². The average Bonchev–Trinajstić information content (AvgIpc) is 2.80. The number of hydrogen-bond donors (Lipinski definition) is 2. The van der Waals surface area contributed by atoms with E-state index in [1.807, 2.05) is 6.92 Å². The number of rotatable bonds is 3. The second-order valence-electron chi connectivity index (χ2n) is 6.90. The standard InChI is InChI=1S/C18H22ClN3O3/c1-11-6-3-4-9-18(11)16(24)22(17(25)21-18)10-15(23)20-14-8-5-7-13(19)12(14)2/h5,7-8,11H,3-4,6,9-10H2,1-2H3,(H,20,23)(H,21,25)/t11-,18-/m1/s1. The minimum absolute atomic E-state index is 0.0703. The minimum atomic E-state index is -0.846. The number of anilines is 1. The van der Waals surface area contributed by atoms with Gasteiger partial charge in [-0.3, -0.25) is 14.5 Å². The highest BCUT2D eigenvalue weighted by atomic mass is 35.5. The maximum atomic E-state index is 12.9. The zero-order chi connectivity index (χ0) is 18.2. The number of hydrogen-bond acceptors (Lipinski definition) is 3. The monoisotopic (exact) mass is 363 g/mol. The van der Waals surface area contributed by atoms with Gasteiger partial charge in [-0.15, -0.1) is 0 Å². The number of carbonyl (C=O) groups excluding carboxylic acids is 3. The minimum Gasteiger partial charge on any atom is -0.324 e. The maximum absolute atomic E-state index is 12.9. The van der Waals surface area contributed by atoms with Crippen molar-refractivity contribution in [1.29, 1.82) is 0 Å². The van der Waals surface area contributed by atoms with Gasteiger partial charge in [0, 0.05) is 10.7 Å². The van der Waals surface area contributed by atoms with E-state index in [0.29, 0.717) is 17.1 Å². The van der Waals surface area contributed by atoms with E-state index in [-0.39, 0.29) is 18.4 Å². The molecule has 0 bridgehead atoms. The Morgan fingerprint density at radius 3 is 2.88 bits per heavy atom. The third kappa shape index (κ3) is 3.11. The summed E-state index contributed by atoms with van der Waals surface area (Å²) in [7, 11) is 0. The van der Waals surface area contributed by atoms with Crippen LogP contribution in [0.15, 0.2) is 18.2 Å². The zero-order valence-electron chi connectivity index (χ0n) is 14.4. The van der Waals surface area contributed by atoms with Crippen LogP contribution in [0.4, 0.5) is 10.5 Å². The number of halogens is 1. The van der Waals surface area contributed by atoms with E-state index in [9.17, 15) is 14.4 Å². The summed E-state index contributed by atoms with van der Waals surface area (Å²) < 4.78 is 0. The number of imide groups is 1. The summed E-state index contributed by atoms with van der Waals surface area (Å²) >= 11 is 6.05. The number of benzene rings is 1. The third-order valence-electron chi connectivity index (χ3n) is 5.34. The quantitative estimate of drug-likeness (QED) is 0.810. The van der Waals surface area contributed by atoms with Crippen LogP contribution >= 0.6 is 11.6 Å². The lowest BCUT2D eigenvalue weighted by molar-refractivity contribution is -0.136. The SMILES string of the molecule is Cc1c(Cl)cccc1NC(=O)CN1C(=O)N[C@@]2(CCCC[C@H]2C)C1=O. The lowest BCUT2D eigenvalue weighted by Crippen LogP contribution is -2.54. The number of amides is 4. The predicted molar refractivity (Wildman–Crippen MR) is 95.4 cm³/mol. The lowest BCUT2D eigenvalue weighted by atomic mass is 9.73. The summed E-state index contributed by atoms with van der Waals surface area (Å²) in [5.41, 5.74) is 0.471. The smallest absolute Gasteiger partial charge is 0.324 e. The van der Waals surface area contributed by atoms with Crippen molar-refractivity contribution >= 4 is 35.1 Å². The van der Waals surface area contributed by atoms with Crippen LogP contribution in [0.3, 0.4) is 0 Å². The van der Waals surface area contributed by atoms with Crippen LogP contribution < -0.4 is 10.6 Å². The number of urea groups is 1. The summed E-state index contributed by atoms with van der Waals surface area (Å²) in [6.45, 7) is 3.48. The van der Waals surface area contributed by atoms with Crippen LogP contribution in [-0.4, -0.2) is 34.8 Å². The van der Waals surface area contributed by atoms with Crippen LogP contribution in [0.1, 0.15) is 38.2 Å². The Kier molecular flexibility index (Phi) is 4.73. The van der Waals surface area contributed by atoms with Gasteiger partial charge in [0.2, 0.25) is 5.91 Å². The van der Waals surface area contributed by atoms with Gasteiger partial charge in [-0.25, -0.2) is 4.79 Å². The first-order chi connectivity index (χ1) is 11.8. The number of nitrogens with zero attached hydrogens (tertiary/aromatic N) is 1. The summed E-state index contributed by atoms with van der Waals surface area (Å²) in [6, 6.07) is 4.71. The van der Waals surface area contributed by atoms with E-state index < -0.39 is 17.5 Å². The highest BCUT2D eigenvalue weighted by Crippen LogP contribution is 2.38. The highest BCUT2D eigenvalue weighted by Gasteiger charge is 2.55. The van der Waals surface area contributed by atoms with E-state index in [1.54, 1.807) is 25.1 Å². The van der Waals surface area contributed by atoms with Crippen LogP contribution in [0, 0.1) is 12.8 Å². The molecule has 2 aliphatic rings. The molecule has 1 heterocycles. The van der Waals surface area contributed by atoms with Gasteiger partial charge in [-0.1, -0.05) is 37.4 Å². The molecule has 0 unspecified atom stereocenters. The number of carbonyl (C=O) groups is 3. The Morgan fingerprint density at radius 1 is 1.40 bits per heavy atom. The van der Waals surface area contributed by atoms with Crippen LogP contribution in [0.5, 0.6) is 0 Å². The van der Waals surface area contributed by atoms with Gasteiger partial charge in [-0.2, -0.15) is 0 Å². The molecule has 1 spiro atoms. The second-order valence-corrected chi connectivity index (χ2v) is 7.31. The first-order valence-corrected chi connectivity index (χ1v) is 8.92.